The van der Waals surface area contributed by atoms with E-state index in [1.807, 2.05) is 10.9 Å². The molecule has 2 aliphatic rings. The minimum Gasteiger partial charge on any atom is -0.391 e. The zero-order chi connectivity index (χ0) is 13.6. The quantitative estimate of drug-likeness (QED) is 0.885. The predicted octanol–water partition coefficient (Wildman–Crippen LogP) is 1.84. The van der Waals surface area contributed by atoms with Gasteiger partial charge in [0.1, 0.15) is 0 Å². The normalized spacial score (nSPS) is 35.8. The number of aliphatic hydroxyl groups excluding tert-OH is 1. The van der Waals surface area contributed by atoms with Gasteiger partial charge < -0.3 is 10.0 Å². The van der Waals surface area contributed by atoms with Crippen LogP contribution < -0.4 is 0 Å². The first kappa shape index (κ1) is 13.1. The van der Waals surface area contributed by atoms with Crippen LogP contribution in [0.4, 0.5) is 0 Å². The van der Waals surface area contributed by atoms with Crippen molar-refractivity contribution in [1.82, 2.24) is 14.7 Å². The fourth-order valence-corrected chi connectivity index (χ4v) is 3.76. The molecule has 2 fully saturated rings. The third-order valence-corrected chi connectivity index (χ3v) is 4.94. The van der Waals surface area contributed by atoms with Crippen LogP contribution in [-0.2, 0) is 0 Å². The summed E-state index contributed by atoms with van der Waals surface area (Å²) in [5, 5.41) is 14.8. The van der Waals surface area contributed by atoms with Gasteiger partial charge in [-0.2, -0.15) is 5.10 Å². The van der Waals surface area contributed by atoms with Crippen molar-refractivity contribution < 1.29 is 5.11 Å². The molecular formula is C15H25N3O. The topological polar surface area (TPSA) is 41.3 Å². The summed E-state index contributed by atoms with van der Waals surface area (Å²) in [6.45, 7) is 8.93. The minimum absolute atomic E-state index is 0.169. The fourth-order valence-electron chi connectivity index (χ4n) is 3.76. The summed E-state index contributed by atoms with van der Waals surface area (Å²) in [5.41, 5.74) is 1.17. The molecule has 4 heteroatoms. The molecular weight excluding hydrogens is 238 g/mol. The van der Waals surface area contributed by atoms with Crippen LogP contribution in [0, 0.1) is 18.8 Å². The van der Waals surface area contributed by atoms with Crippen LogP contribution in [0.15, 0.2) is 12.4 Å². The fraction of sp³-hybridized carbons (Fsp3) is 0.800. The van der Waals surface area contributed by atoms with Crippen LogP contribution in [0.25, 0.3) is 0 Å². The zero-order valence-corrected chi connectivity index (χ0v) is 12.2. The maximum atomic E-state index is 10.4. The Labute approximate surface area is 115 Å². The number of aromatic nitrogens is 2. The number of rotatable bonds is 2. The lowest BCUT2D eigenvalue weighted by Crippen LogP contribution is -2.36. The Hall–Kier alpha value is -0.870. The number of aliphatic hydroxyl groups is 1. The average Bonchev–Trinajstić information content (AvgIpc) is 2.93. The monoisotopic (exact) mass is 263 g/mol. The van der Waals surface area contributed by atoms with E-state index < -0.39 is 0 Å². The molecule has 0 amide bonds. The standard InChI is InChI=1S/C15H25N3O/c1-10(2)17-8-12-4-14(15(19)5-13(12)9-17)18-7-11(3)6-16-18/h6-7,10,12-15,19H,4-5,8-9H2,1-3H3/t12-,13+,14-,15-/m0/s1. The lowest BCUT2D eigenvalue weighted by atomic mass is 9.77. The third kappa shape index (κ3) is 2.43. The van der Waals surface area contributed by atoms with Gasteiger partial charge in [0, 0.05) is 25.3 Å². The molecule has 2 heterocycles. The van der Waals surface area contributed by atoms with Crippen LogP contribution in [0.1, 0.15) is 38.3 Å². The summed E-state index contributed by atoms with van der Waals surface area (Å²) >= 11 is 0. The maximum absolute atomic E-state index is 10.4. The molecule has 1 aliphatic heterocycles. The SMILES string of the molecule is Cc1cnn([C@H]2C[C@H]3CN(C(C)C)C[C@H]3C[C@@H]2O)c1. The molecule has 4 atom stereocenters. The number of nitrogens with zero attached hydrogens (tertiary/aromatic N) is 3. The third-order valence-electron chi connectivity index (χ3n) is 4.94. The summed E-state index contributed by atoms with van der Waals surface area (Å²) in [4.78, 5) is 2.55. The second-order valence-corrected chi connectivity index (χ2v) is 6.67. The van der Waals surface area contributed by atoms with E-state index in [0.29, 0.717) is 12.0 Å². The number of hydrogen-bond acceptors (Lipinski definition) is 3. The van der Waals surface area contributed by atoms with Crippen LogP contribution in [0.2, 0.25) is 0 Å². The van der Waals surface area contributed by atoms with Crippen molar-refractivity contribution in [3.8, 4) is 0 Å². The molecule has 1 aromatic rings. The van der Waals surface area contributed by atoms with Gasteiger partial charge in [0.15, 0.2) is 0 Å². The molecule has 106 valence electrons. The first-order chi connectivity index (χ1) is 9.04. The Bertz CT molecular complexity index is 442. The van der Waals surface area contributed by atoms with Gasteiger partial charge in [-0.1, -0.05) is 0 Å². The molecule has 0 radical (unpaired) electrons. The summed E-state index contributed by atoms with van der Waals surface area (Å²) in [7, 11) is 0. The van der Waals surface area contributed by atoms with E-state index in [4.69, 9.17) is 0 Å². The first-order valence-electron chi connectivity index (χ1n) is 7.47. The summed E-state index contributed by atoms with van der Waals surface area (Å²) < 4.78 is 1.98. The van der Waals surface area contributed by atoms with Crippen molar-refractivity contribution in [1.29, 1.82) is 0 Å². The largest absolute Gasteiger partial charge is 0.391 e. The molecule has 1 aromatic heterocycles. The van der Waals surface area contributed by atoms with Crippen molar-refractivity contribution in [2.75, 3.05) is 13.1 Å². The molecule has 0 aromatic carbocycles. The lowest BCUT2D eigenvalue weighted by molar-refractivity contribution is 0.0306. The number of aryl methyl sites for hydroxylation is 1. The van der Waals surface area contributed by atoms with Crippen molar-refractivity contribution in [2.24, 2.45) is 11.8 Å². The van der Waals surface area contributed by atoms with Crippen molar-refractivity contribution in [3.63, 3.8) is 0 Å². The van der Waals surface area contributed by atoms with Gasteiger partial charge >= 0.3 is 0 Å². The Morgan fingerprint density at radius 3 is 2.53 bits per heavy atom. The Morgan fingerprint density at radius 1 is 1.26 bits per heavy atom. The summed E-state index contributed by atoms with van der Waals surface area (Å²) in [6.07, 6.45) is 5.69. The molecule has 1 saturated carbocycles. The molecule has 4 nitrogen and oxygen atoms in total. The molecule has 0 spiro atoms. The van der Waals surface area contributed by atoms with Crippen molar-refractivity contribution >= 4 is 0 Å². The Kier molecular flexibility index (Phi) is 3.39. The summed E-state index contributed by atoms with van der Waals surface area (Å²) in [6, 6.07) is 0.787. The Morgan fingerprint density at radius 2 is 1.95 bits per heavy atom. The van der Waals surface area contributed by atoms with Crippen LogP contribution in [0.5, 0.6) is 0 Å². The zero-order valence-electron chi connectivity index (χ0n) is 12.2. The average molecular weight is 263 g/mol. The molecule has 3 rings (SSSR count). The molecule has 0 bridgehead atoms. The highest BCUT2D eigenvalue weighted by Gasteiger charge is 2.42. The van der Waals surface area contributed by atoms with Crippen molar-refractivity contribution in [3.05, 3.63) is 18.0 Å². The Balaban J connectivity index is 1.73. The molecule has 1 saturated heterocycles. The van der Waals surface area contributed by atoms with E-state index in [-0.39, 0.29) is 12.1 Å². The van der Waals surface area contributed by atoms with E-state index in [1.165, 1.54) is 12.1 Å². The number of likely N-dealkylation sites (tertiary alicyclic amines) is 1. The van der Waals surface area contributed by atoms with Gasteiger partial charge in [-0.05, 0) is 51.0 Å². The second-order valence-electron chi connectivity index (χ2n) is 6.67. The van der Waals surface area contributed by atoms with Gasteiger partial charge in [0.05, 0.1) is 18.3 Å². The maximum Gasteiger partial charge on any atom is 0.0781 e. The second kappa shape index (κ2) is 4.91. The first-order valence-corrected chi connectivity index (χ1v) is 7.47. The van der Waals surface area contributed by atoms with Crippen LogP contribution in [-0.4, -0.2) is 45.0 Å². The van der Waals surface area contributed by atoms with Gasteiger partial charge in [0.25, 0.3) is 0 Å². The molecule has 0 unspecified atom stereocenters. The highest BCUT2D eigenvalue weighted by atomic mass is 16.3. The molecule has 1 N–H and O–H groups in total. The highest BCUT2D eigenvalue weighted by Crippen LogP contribution is 2.41. The van der Waals surface area contributed by atoms with E-state index in [2.05, 4.69) is 37.0 Å². The number of hydrogen-bond donors (Lipinski definition) is 1. The van der Waals surface area contributed by atoms with Gasteiger partial charge in [-0.3, -0.25) is 4.68 Å². The van der Waals surface area contributed by atoms with E-state index in [0.717, 1.165) is 25.3 Å². The van der Waals surface area contributed by atoms with Gasteiger partial charge in [-0.15, -0.1) is 0 Å². The smallest absolute Gasteiger partial charge is 0.0781 e. The summed E-state index contributed by atoms with van der Waals surface area (Å²) in [5.74, 6) is 1.39. The van der Waals surface area contributed by atoms with Gasteiger partial charge in [-0.25, -0.2) is 0 Å². The number of fused-ring (bicyclic) bond motifs is 1. The minimum atomic E-state index is -0.243. The van der Waals surface area contributed by atoms with Crippen LogP contribution in [0.3, 0.4) is 0 Å². The molecule has 1 aliphatic carbocycles. The van der Waals surface area contributed by atoms with E-state index >= 15 is 0 Å². The highest BCUT2D eigenvalue weighted by molar-refractivity contribution is 5.03. The van der Waals surface area contributed by atoms with E-state index in [1.54, 1.807) is 0 Å². The van der Waals surface area contributed by atoms with Crippen molar-refractivity contribution in [2.45, 2.75) is 51.8 Å². The van der Waals surface area contributed by atoms with Crippen LogP contribution >= 0.6 is 0 Å². The van der Waals surface area contributed by atoms with E-state index in [9.17, 15) is 5.11 Å². The predicted molar refractivity (Wildman–Crippen MR) is 74.9 cm³/mol. The lowest BCUT2D eigenvalue weighted by Gasteiger charge is -2.35. The van der Waals surface area contributed by atoms with Gasteiger partial charge in [0.2, 0.25) is 0 Å². The molecule has 19 heavy (non-hydrogen) atoms.